The molecule has 0 fully saturated rings. The minimum atomic E-state index is -3.81. The third-order valence-electron chi connectivity index (χ3n) is 5.25. The molecule has 1 amide bonds. The predicted molar refractivity (Wildman–Crippen MR) is 140 cm³/mol. The van der Waals surface area contributed by atoms with Crippen LogP contribution in [0.3, 0.4) is 0 Å². The van der Waals surface area contributed by atoms with Crippen molar-refractivity contribution in [3.63, 3.8) is 0 Å². The zero-order chi connectivity index (χ0) is 25.8. The first-order valence-corrected chi connectivity index (χ1v) is 14.3. The monoisotopic (exact) mass is 515 g/mol. The number of carbonyl (C=O) groups excluding carboxylic acids is 1. The van der Waals surface area contributed by atoms with Gasteiger partial charge in [0.1, 0.15) is 6.54 Å². The maximum atomic E-state index is 12.7. The second-order valence-corrected chi connectivity index (χ2v) is 12.2. The Bertz CT molecular complexity index is 1400. The highest BCUT2D eigenvalue weighted by molar-refractivity contribution is 7.92. The largest absolute Gasteiger partial charge is 0.325 e. The minimum Gasteiger partial charge on any atom is -0.325 e. The van der Waals surface area contributed by atoms with Crippen LogP contribution in [-0.4, -0.2) is 35.5 Å². The van der Waals surface area contributed by atoms with Crippen LogP contribution in [-0.2, 0) is 24.8 Å². The molecule has 0 aliphatic carbocycles. The van der Waals surface area contributed by atoms with E-state index in [9.17, 15) is 21.6 Å². The van der Waals surface area contributed by atoms with Gasteiger partial charge >= 0.3 is 0 Å². The summed E-state index contributed by atoms with van der Waals surface area (Å²) in [5, 5.41) is 2.62. The lowest BCUT2D eigenvalue weighted by Crippen LogP contribution is -2.37. The standard InChI is InChI=1S/C25H29N3O5S2/c1-18(2)20-8-12-23(13-9-20)28(34(4,30)31)17-25(29)26-21-10-14-24(15-11-21)35(32,33)27-22-7-5-6-19(3)16-22/h5-16,18,27H,17H2,1-4H3,(H,26,29). The summed E-state index contributed by atoms with van der Waals surface area (Å²) in [5.74, 6) is -0.269. The van der Waals surface area contributed by atoms with Crippen LogP contribution in [0.15, 0.2) is 77.7 Å². The number of nitrogens with one attached hydrogen (secondary N) is 2. The van der Waals surface area contributed by atoms with Crippen molar-refractivity contribution in [1.29, 1.82) is 0 Å². The maximum Gasteiger partial charge on any atom is 0.261 e. The molecule has 35 heavy (non-hydrogen) atoms. The number of hydrogen-bond donors (Lipinski definition) is 2. The smallest absolute Gasteiger partial charge is 0.261 e. The molecule has 3 aromatic carbocycles. The van der Waals surface area contributed by atoms with Crippen LogP contribution in [0.1, 0.15) is 30.9 Å². The van der Waals surface area contributed by atoms with E-state index in [4.69, 9.17) is 0 Å². The Morgan fingerprint density at radius 1 is 0.886 bits per heavy atom. The average Bonchev–Trinajstić information content (AvgIpc) is 2.77. The van der Waals surface area contributed by atoms with Gasteiger partial charge in [-0.05, 0) is 72.5 Å². The van der Waals surface area contributed by atoms with Gasteiger partial charge < -0.3 is 5.32 Å². The molecule has 0 bridgehead atoms. The van der Waals surface area contributed by atoms with E-state index < -0.39 is 32.5 Å². The van der Waals surface area contributed by atoms with Gasteiger partial charge in [-0.3, -0.25) is 13.8 Å². The Balaban J connectivity index is 1.70. The third kappa shape index (κ3) is 7.06. The molecular formula is C25H29N3O5S2. The summed E-state index contributed by atoms with van der Waals surface area (Å²) in [6.45, 7) is 5.51. The summed E-state index contributed by atoms with van der Waals surface area (Å²) < 4.78 is 53.5. The maximum absolute atomic E-state index is 12.7. The van der Waals surface area contributed by atoms with Crippen LogP contribution in [0.2, 0.25) is 0 Å². The Hall–Kier alpha value is -3.37. The molecule has 0 aliphatic rings. The summed E-state index contributed by atoms with van der Waals surface area (Å²) in [5.41, 5.74) is 3.15. The quantitative estimate of drug-likeness (QED) is 0.441. The molecular weight excluding hydrogens is 486 g/mol. The van der Waals surface area contributed by atoms with Crippen LogP contribution in [0.25, 0.3) is 0 Å². The van der Waals surface area contributed by atoms with Crippen molar-refractivity contribution in [2.24, 2.45) is 0 Å². The number of anilines is 3. The molecule has 3 rings (SSSR count). The van der Waals surface area contributed by atoms with E-state index in [0.29, 0.717) is 17.1 Å². The molecule has 8 nitrogen and oxygen atoms in total. The number of sulfonamides is 2. The van der Waals surface area contributed by atoms with Crippen molar-refractivity contribution in [3.05, 3.63) is 83.9 Å². The summed E-state index contributed by atoms with van der Waals surface area (Å²) in [4.78, 5) is 12.7. The van der Waals surface area contributed by atoms with Gasteiger partial charge in [-0.25, -0.2) is 16.8 Å². The van der Waals surface area contributed by atoms with Crippen LogP contribution in [0, 0.1) is 6.92 Å². The van der Waals surface area contributed by atoms with Crippen LogP contribution >= 0.6 is 0 Å². The van der Waals surface area contributed by atoms with E-state index in [-0.39, 0.29) is 10.8 Å². The summed E-state index contributed by atoms with van der Waals surface area (Å²) >= 11 is 0. The Labute approximate surface area is 207 Å². The molecule has 0 unspecified atom stereocenters. The first-order valence-electron chi connectivity index (χ1n) is 10.9. The van der Waals surface area contributed by atoms with Crippen molar-refractivity contribution in [2.45, 2.75) is 31.6 Å². The number of aryl methyl sites for hydroxylation is 1. The van der Waals surface area contributed by atoms with Gasteiger partial charge in [0.2, 0.25) is 15.9 Å². The number of nitrogens with zero attached hydrogens (tertiary/aromatic N) is 1. The lowest BCUT2D eigenvalue weighted by atomic mass is 10.0. The molecule has 2 N–H and O–H groups in total. The SMILES string of the molecule is Cc1cccc(NS(=O)(=O)c2ccc(NC(=O)CN(c3ccc(C(C)C)cc3)S(C)(=O)=O)cc2)c1. The van der Waals surface area contributed by atoms with E-state index >= 15 is 0 Å². The van der Waals surface area contributed by atoms with Gasteiger partial charge in [0.15, 0.2) is 0 Å². The van der Waals surface area contributed by atoms with Crippen LogP contribution in [0.4, 0.5) is 17.1 Å². The van der Waals surface area contributed by atoms with Crippen molar-refractivity contribution in [2.75, 3.05) is 27.1 Å². The molecule has 0 heterocycles. The number of carbonyl (C=O) groups is 1. The molecule has 0 aliphatic heterocycles. The molecule has 0 aromatic heterocycles. The van der Waals surface area contributed by atoms with Crippen molar-refractivity contribution < 1.29 is 21.6 Å². The van der Waals surface area contributed by atoms with Crippen molar-refractivity contribution >= 4 is 43.0 Å². The average molecular weight is 516 g/mol. The summed E-state index contributed by atoms with van der Waals surface area (Å²) in [6, 6.07) is 19.6. The van der Waals surface area contributed by atoms with Gasteiger partial charge in [-0.1, -0.05) is 38.1 Å². The molecule has 10 heteroatoms. The van der Waals surface area contributed by atoms with Gasteiger partial charge in [0, 0.05) is 11.4 Å². The molecule has 0 spiro atoms. The molecule has 3 aromatic rings. The molecule has 0 saturated heterocycles. The van der Waals surface area contributed by atoms with Crippen LogP contribution in [0.5, 0.6) is 0 Å². The van der Waals surface area contributed by atoms with Gasteiger partial charge in [0.05, 0.1) is 16.8 Å². The predicted octanol–water partition coefficient (Wildman–Crippen LogP) is 4.32. The number of benzene rings is 3. The first-order chi connectivity index (χ1) is 16.3. The van der Waals surface area contributed by atoms with Crippen molar-refractivity contribution in [1.82, 2.24) is 0 Å². The summed E-state index contributed by atoms with van der Waals surface area (Å²) in [7, 11) is -7.52. The molecule has 186 valence electrons. The lowest BCUT2D eigenvalue weighted by molar-refractivity contribution is -0.114. The zero-order valence-corrected chi connectivity index (χ0v) is 21.7. The third-order valence-corrected chi connectivity index (χ3v) is 7.79. The molecule has 0 atom stereocenters. The van der Waals surface area contributed by atoms with Crippen LogP contribution < -0.4 is 14.3 Å². The van der Waals surface area contributed by atoms with Gasteiger partial charge in [0.25, 0.3) is 10.0 Å². The second kappa shape index (κ2) is 10.5. The highest BCUT2D eigenvalue weighted by atomic mass is 32.2. The molecule has 0 saturated carbocycles. The first kappa shape index (κ1) is 26.2. The highest BCUT2D eigenvalue weighted by Crippen LogP contribution is 2.23. The summed E-state index contributed by atoms with van der Waals surface area (Å²) in [6.07, 6.45) is 1.04. The normalized spacial score (nSPS) is 11.8. The number of amides is 1. The fourth-order valence-electron chi connectivity index (χ4n) is 3.40. The van der Waals surface area contributed by atoms with E-state index in [1.54, 1.807) is 30.3 Å². The number of hydrogen-bond acceptors (Lipinski definition) is 5. The fourth-order valence-corrected chi connectivity index (χ4v) is 5.30. The van der Waals surface area contributed by atoms with E-state index in [1.165, 1.54) is 24.3 Å². The highest BCUT2D eigenvalue weighted by Gasteiger charge is 2.21. The van der Waals surface area contributed by atoms with Gasteiger partial charge in [-0.15, -0.1) is 0 Å². The second-order valence-electron chi connectivity index (χ2n) is 8.56. The Morgan fingerprint density at radius 3 is 2.06 bits per heavy atom. The Kier molecular flexibility index (Phi) is 7.86. The zero-order valence-electron chi connectivity index (χ0n) is 20.0. The van der Waals surface area contributed by atoms with E-state index in [2.05, 4.69) is 10.0 Å². The Morgan fingerprint density at radius 2 is 1.51 bits per heavy atom. The van der Waals surface area contributed by atoms with E-state index in [1.807, 2.05) is 39.0 Å². The topological polar surface area (TPSA) is 113 Å². The van der Waals surface area contributed by atoms with E-state index in [0.717, 1.165) is 21.7 Å². The van der Waals surface area contributed by atoms with Crippen molar-refractivity contribution in [3.8, 4) is 0 Å². The number of rotatable bonds is 9. The minimum absolute atomic E-state index is 0.0278. The molecule has 0 radical (unpaired) electrons. The lowest BCUT2D eigenvalue weighted by Gasteiger charge is -2.22. The fraction of sp³-hybridized carbons (Fsp3) is 0.240. The van der Waals surface area contributed by atoms with Gasteiger partial charge in [-0.2, -0.15) is 0 Å².